The first-order valence-electron chi connectivity index (χ1n) is 6.87. The Morgan fingerprint density at radius 3 is 2.82 bits per heavy atom. The topological polar surface area (TPSA) is 47.7 Å². The largest absolute Gasteiger partial charge is 0.381 e. The molecule has 0 amide bonds. The lowest BCUT2D eigenvalue weighted by Gasteiger charge is -2.41. The van der Waals surface area contributed by atoms with Crippen LogP contribution in [0, 0.1) is 0 Å². The van der Waals surface area contributed by atoms with Gasteiger partial charge in [0.2, 0.25) is 0 Å². The monoisotopic (exact) mass is 242 g/mol. The molecule has 2 saturated heterocycles. The number of nitrogens with zero attached hydrogens (tertiary/aromatic N) is 1. The molecule has 0 bridgehead atoms. The molecule has 0 spiro atoms. The quantitative estimate of drug-likeness (QED) is 0.799. The molecule has 4 nitrogen and oxygen atoms in total. The molecule has 2 unspecified atom stereocenters. The van der Waals surface area contributed by atoms with Crippen molar-refractivity contribution in [3.8, 4) is 0 Å². The smallest absolute Gasteiger partial charge is 0.0702 e. The zero-order chi connectivity index (χ0) is 12.1. The van der Waals surface area contributed by atoms with E-state index in [1.807, 2.05) is 0 Å². The van der Waals surface area contributed by atoms with Crippen molar-refractivity contribution in [1.82, 2.24) is 4.90 Å². The lowest BCUT2D eigenvalue weighted by atomic mass is 9.88. The lowest BCUT2D eigenvalue weighted by molar-refractivity contribution is 0.0271. The Kier molecular flexibility index (Phi) is 4.79. The van der Waals surface area contributed by atoms with E-state index in [1.54, 1.807) is 0 Å². The highest BCUT2D eigenvalue weighted by Gasteiger charge is 2.35. The first kappa shape index (κ1) is 13.3. The summed E-state index contributed by atoms with van der Waals surface area (Å²) in [6, 6.07) is 0. The second kappa shape index (κ2) is 6.14. The van der Waals surface area contributed by atoms with Crippen LogP contribution in [0.4, 0.5) is 0 Å². The molecule has 2 N–H and O–H groups in total. The summed E-state index contributed by atoms with van der Waals surface area (Å²) < 4.78 is 11.3. The van der Waals surface area contributed by atoms with Gasteiger partial charge in [0.05, 0.1) is 6.10 Å². The average molecular weight is 242 g/mol. The average Bonchev–Trinajstić information content (AvgIpc) is 2.72. The van der Waals surface area contributed by atoms with Gasteiger partial charge in [-0.1, -0.05) is 0 Å². The van der Waals surface area contributed by atoms with E-state index in [-0.39, 0.29) is 5.54 Å². The molecule has 2 fully saturated rings. The van der Waals surface area contributed by atoms with E-state index >= 15 is 0 Å². The van der Waals surface area contributed by atoms with Crippen molar-refractivity contribution in [3.63, 3.8) is 0 Å². The molecule has 2 heterocycles. The molecule has 0 aromatic heterocycles. The van der Waals surface area contributed by atoms with Crippen LogP contribution in [0.25, 0.3) is 0 Å². The molecular formula is C13H26N2O2. The zero-order valence-corrected chi connectivity index (χ0v) is 11.0. The van der Waals surface area contributed by atoms with E-state index < -0.39 is 0 Å². The van der Waals surface area contributed by atoms with Crippen molar-refractivity contribution in [2.45, 2.75) is 43.7 Å². The van der Waals surface area contributed by atoms with Crippen molar-refractivity contribution < 1.29 is 9.47 Å². The number of hydrogen-bond donors (Lipinski definition) is 1. The van der Waals surface area contributed by atoms with Crippen molar-refractivity contribution in [2.24, 2.45) is 5.73 Å². The van der Waals surface area contributed by atoms with Crippen molar-refractivity contribution in [2.75, 3.05) is 40.0 Å². The van der Waals surface area contributed by atoms with Gasteiger partial charge in [-0.3, -0.25) is 4.90 Å². The van der Waals surface area contributed by atoms with E-state index in [2.05, 4.69) is 11.9 Å². The Hall–Kier alpha value is -0.160. The summed E-state index contributed by atoms with van der Waals surface area (Å²) in [5, 5.41) is 0. The van der Waals surface area contributed by atoms with Gasteiger partial charge in [0.25, 0.3) is 0 Å². The lowest BCUT2D eigenvalue weighted by Crippen LogP contribution is -2.54. The van der Waals surface area contributed by atoms with Gasteiger partial charge in [-0.2, -0.15) is 0 Å². The number of nitrogens with two attached hydrogens (primary N) is 1. The molecular weight excluding hydrogens is 216 g/mol. The second-order valence-corrected chi connectivity index (χ2v) is 5.41. The van der Waals surface area contributed by atoms with E-state index in [0.717, 1.165) is 52.2 Å². The molecule has 0 aromatic rings. The minimum atomic E-state index is 0.127. The Bertz CT molecular complexity index is 221. The molecule has 0 aliphatic carbocycles. The molecule has 100 valence electrons. The fraction of sp³-hybridized carbons (Fsp3) is 1.00. The van der Waals surface area contributed by atoms with Crippen LogP contribution in [0.2, 0.25) is 0 Å². The molecule has 2 rings (SSSR count). The first-order valence-corrected chi connectivity index (χ1v) is 6.87. The number of ether oxygens (including phenoxy) is 2. The second-order valence-electron chi connectivity index (χ2n) is 5.41. The number of likely N-dealkylation sites (N-methyl/N-ethyl adjacent to an activating group) is 1. The third-order valence-corrected chi connectivity index (χ3v) is 4.33. The van der Waals surface area contributed by atoms with Gasteiger partial charge in [-0.25, -0.2) is 0 Å². The van der Waals surface area contributed by atoms with Gasteiger partial charge < -0.3 is 15.2 Å². The molecule has 0 aromatic carbocycles. The van der Waals surface area contributed by atoms with E-state index in [9.17, 15) is 0 Å². The van der Waals surface area contributed by atoms with E-state index in [1.165, 1.54) is 12.8 Å². The normalized spacial score (nSPS) is 35.1. The van der Waals surface area contributed by atoms with Crippen LogP contribution in [0.15, 0.2) is 0 Å². The first-order chi connectivity index (χ1) is 8.27. The molecule has 2 aliphatic heterocycles. The van der Waals surface area contributed by atoms with Gasteiger partial charge in [-0.15, -0.1) is 0 Å². The van der Waals surface area contributed by atoms with E-state index in [0.29, 0.717) is 6.10 Å². The fourth-order valence-corrected chi connectivity index (χ4v) is 3.02. The minimum absolute atomic E-state index is 0.127. The highest BCUT2D eigenvalue weighted by molar-refractivity contribution is 4.92. The molecule has 17 heavy (non-hydrogen) atoms. The third kappa shape index (κ3) is 3.19. The molecule has 4 heteroatoms. The standard InChI is InChI=1S/C13H26N2O2/c1-15(10-12-4-2-8-17-12)13(11-14)5-3-7-16-9-6-13/h12H,2-11,14H2,1H3. The van der Waals surface area contributed by atoms with Crippen LogP contribution in [0.5, 0.6) is 0 Å². The van der Waals surface area contributed by atoms with Crippen LogP contribution >= 0.6 is 0 Å². The van der Waals surface area contributed by atoms with Crippen molar-refractivity contribution >= 4 is 0 Å². The van der Waals surface area contributed by atoms with Gasteiger partial charge >= 0.3 is 0 Å². The predicted octanol–water partition coefficient (Wildman–Crippen LogP) is 0.995. The van der Waals surface area contributed by atoms with Crippen molar-refractivity contribution in [1.29, 1.82) is 0 Å². The fourth-order valence-electron chi connectivity index (χ4n) is 3.02. The molecule has 0 saturated carbocycles. The predicted molar refractivity (Wildman–Crippen MR) is 68.1 cm³/mol. The summed E-state index contributed by atoms with van der Waals surface area (Å²) in [6.07, 6.45) is 6.12. The minimum Gasteiger partial charge on any atom is -0.381 e. The summed E-state index contributed by atoms with van der Waals surface area (Å²) >= 11 is 0. The Balaban J connectivity index is 1.94. The maximum Gasteiger partial charge on any atom is 0.0702 e. The SMILES string of the molecule is CN(CC1CCCO1)C1(CN)CCCOCC1. The summed E-state index contributed by atoms with van der Waals surface area (Å²) in [7, 11) is 2.19. The van der Waals surface area contributed by atoms with Gasteiger partial charge in [0.1, 0.15) is 0 Å². The summed E-state index contributed by atoms with van der Waals surface area (Å²) in [4.78, 5) is 2.43. The Morgan fingerprint density at radius 2 is 2.12 bits per heavy atom. The van der Waals surface area contributed by atoms with Gasteiger partial charge in [0, 0.05) is 38.4 Å². The maximum absolute atomic E-state index is 6.04. The molecule has 0 radical (unpaired) electrons. The van der Waals surface area contributed by atoms with Gasteiger partial charge in [0.15, 0.2) is 0 Å². The zero-order valence-electron chi connectivity index (χ0n) is 11.0. The van der Waals surface area contributed by atoms with Crippen LogP contribution in [-0.2, 0) is 9.47 Å². The summed E-state index contributed by atoms with van der Waals surface area (Å²) in [5.74, 6) is 0. The summed E-state index contributed by atoms with van der Waals surface area (Å²) in [5.41, 5.74) is 6.17. The van der Waals surface area contributed by atoms with Crippen LogP contribution in [0.3, 0.4) is 0 Å². The van der Waals surface area contributed by atoms with Crippen LogP contribution in [-0.4, -0.2) is 56.5 Å². The van der Waals surface area contributed by atoms with E-state index in [4.69, 9.17) is 15.2 Å². The van der Waals surface area contributed by atoms with Crippen LogP contribution in [0.1, 0.15) is 32.1 Å². The number of hydrogen-bond acceptors (Lipinski definition) is 4. The third-order valence-electron chi connectivity index (χ3n) is 4.33. The highest BCUT2D eigenvalue weighted by Crippen LogP contribution is 2.27. The molecule has 2 atom stereocenters. The molecule has 2 aliphatic rings. The Labute approximate surface area is 104 Å². The Morgan fingerprint density at radius 1 is 1.24 bits per heavy atom. The van der Waals surface area contributed by atoms with Gasteiger partial charge in [-0.05, 0) is 39.2 Å². The maximum atomic E-state index is 6.04. The van der Waals surface area contributed by atoms with Crippen molar-refractivity contribution in [3.05, 3.63) is 0 Å². The number of rotatable bonds is 4. The summed E-state index contributed by atoms with van der Waals surface area (Å²) in [6.45, 7) is 4.39. The highest BCUT2D eigenvalue weighted by atomic mass is 16.5. The van der Waals surface area contributed by atoms with Crippen LogP contribution < -0.4 is 5.73 Å².